The predicted molar refractivity (Wildman–Crippen MR) is 82.6 cm³/mol. The van der Waals surface area contributed by atoms with Crippen LogP contribution in [0.2, 0.25) is 5.02 Å². The van der Waals surface area contributed by atoms with Crippen LogP contribution < -0.4 is 11.1 Å². The average molecular weight is 295 g/mol. The van der Waals surface area contributed by atoms with Gasteiger partial charge in [-0.05, 0) is 37.5 Å². The highest BCUT2D eigenvalue weighted by atomic mass is 35.5. The lowest BCUT2D eigenvalue weighted by molar-refractivity contribution is -0.123. The number of carbonyl (C=O) groups is 1. The van der Waals surface area contributed by atoms with Gasteiger partial charge in [0.05, 0.1) is 6.04 Å². The van der Waals surface area contributed by atoms with E-state index in [-0.39, 0.29) is 17.5 Å². The van der Waals surface area contributed by atoms with Gasteiger partial charge in [0.25, 0.3) is 0 Å². The molecule has 0 spiro atoms. The van der Waals surface area contributed by atoms with Crippen molar-refractivity contribution in [3.63, 3.8) is 0 Å². The lowest BCUT2D eigenvalue weighted by Crippen LogP contribution is -2.46. The Morgan fingerprint density at radius 2 is 1.90 bits per heavy atom. The zero-order valence-corrected chi connectivity index (χ0v) is 12.7. The average Bonchev–Trinajstić information content (AvgIpc) is 2.39. The summed E-state index contributed by atoms with van der Waals surface area (Å²) in [6, 6.07) is 7.53. The van der Waals surface area contributed by atoms with Crippen molar-refractivity contribution in [2.24, 2.45) is 5.73 Å². The number of halogens is 1. The monoisotopic (exact) mass is 294 g/mol. The molecule has 1 unspecified atom stereocenters. The van der Waals surface area contributed by atoms with E-state index in [1.54, 1.807) is 0 Å². The molecule has 1 atom stereocenters. The topological polar surface area (TPSA) is 55.1 Å². The Morgan fingerprint density at radius 3 is 2.50 bits per heavy atom. The van der Waals surface area contributed by atoms with E-state index >= 15 is 0 Å². The van der Waals surface area contributed by atoms with E-state index in [0.717, 1.165) is 31.2 Å². The third kappa shape index (κ3) is 4.22. The normalized spacial score (nSPS) is 19.4. The number of nitrogens with two attached hydrogens (primary N) is 1. The fourth-order valence-corrected chi connectivity index (χ4v) is 3.01. The molecule has 1 aromatic carbocycles. The lowest BCUT2D eigenvalue weighted by atomic mass is 9.80. The maximum absolute atomic E-state index is 12.1. The molecular formula is C16H23ClN2O. The molecule has 4 heteroatoms. The lowest BCUT2D eigenvalue weighted by Gasteiger charge is -2.33. The van der Waals surface area contributed by atoms with Crippen LogP contribution in [0.5, 0.6) is 0 Å². The van der Waals surface area contributed by atoms with E-state index in [1.165, 1.54) is 6.42 Å². The first kappa shape index (κ1) is 15.3. The van der Waals surface area contributed by atoms with E-state index in [2.05, 4.69) is 5.32 Å². The van der Waals surface area contributed by atoms with Crippen LogP contribution in [0.15, 0.2) is 24.3 Å². The van der Waals surface area contributed by atoms with Gasteiger partial charge in [-0.2, -0.15) is 0 Å². The van der Waals surface area contributed by atoms with Crippen molar-refractivity contribution in [2.45, 2.75) is 57.0 Å². The molecule has 1 aliphatic carbocycles. The minimum Gasteiger partial charge on any atom is -0.350 e. The second-order valence-corrected chi connectivity index (χ2v) is 6.38. The molecule has 20 heavy (non-hydrogen) atoms. The SMILES string of the molecule is CC(NC(=O)CC1(N)CCCCC1)c1ccc(Cl)cc1. The Balaban J connectivity index is 1.89. The van der Waals surface area contributed by atoms with Crippen LogP contribution in [0.4, 0.5) is 0 Å². The van der Waals surface area contributed by atoms with Gasteiger partial charge >= 0.3 is 0 Å². The summed E-state index contributed by atoms with van der Waals surface area (Å²) >= 11 is 5.87. The molecule has 0 heterocycles. The number of amides is 1. The van der Waals surface area contributed by atoms with Crippen LogP contribution >= 0.6 is 11.6 Å². The molecule has 110 valence electrons. The standard InChI is InChI=1S/C16H23ClN2O/c1-12(13-5-7-14(17)8-6-13)19-15(20)11-16(18)9-3-2-4-10-16/h5-8,12H,2-4,9-11,18H2,1H3,(H,19,20). The molecule has 0 aliphatic heterocycles. The Hall–Kier alpha value is -1.06. The molecular weight excluding hydrogens is 272 g/mol. The second-order valence-electron chi connectivity index (χ2n) is 5.94. The largest absolute Gasteiger partial charge is 0.350 e. The predicted octanol–water partition coefficient (Wildman–Crippen LogP) is 3.57. The maximum atomic E-state index is 12.1. The first-order valence-corrected chi connectivity index (χ1v) is 7.70. The minimum absolute atomic E-state index is 0.0213. The Labute approximate surface area is 125 Å². The van der Waals surface area contributed by atoms with E-state index in [0.29, 0.717) is 11.4 Å². The Kier molecular flexibility index (Phi) is 5.06. The van der Waals surface area contributed by atoms with Crippen molar-refractivity contribution in [1.82, 2.24) is 5.32 Å². The highest BCUT2D eigenvalue weighted by Crippen LogP contribution is 2.28. The number of carbonyl (C=O) groups excluding carboxylic acids is 1. The number of rotatable bonds is 4. The summed E-state index contributed by atoms with van der Waals surface area (Å²) in [5, 5.41) is 3.73. The molecule has 1 aromatic rings. The molecule has 3 nitrogen and oxygen atoms in total. The summed E-state index contributed by atoms with van der Waals surface area (Å²) in [6.45, 7) is 1.98. The van der Waals surface area contributed by atoms with Crippen molar-refractivity contribution in [3.05, 3.63) is 34.9 Å². The van der Waals surface area contributed by atoms with Crippen LogP contribution in [0.1, 0.15) is 57.1 Å². The number of benzene rings is 1. The van der Waals surface area contributed by atoms with Gasteiger partial charge in [-0.15, -0.1) is 0 Å². The summed E-state index contributed by atoms with van der Waals surface area (Å²) in [5.74, 6) is 0.0388. The van der Waals surface area contributed by atoms with Crippen LogP contribution in [-0.2, 0) is 4.79 Å². The zero-order valence-electron chi connectivity index (χ0n) is 12.0. The second kappa shape index (κ2) is 6.59. The molecule has 0 radical (unpaired) electrons. The van der Waals surface area contributed by atoms with Crippen LogP contribution in [0.25, 0.3) is 0 Å². The first-order valence-electron chi connectivity index (χ1n) is 7.32. The van der Waals surface area contributed by atoms with Crippen molar-refractivity contribution in [2.75, 3.05) is 0 Å². The zero-order chi connectivity index (χ0) is 14.6. The fourth-order valence-electron chi connectivity index (χ4n) is 2.88. The van der Waals surface area contributed by atoms with Gasteiger partial charge in [0.2, 0.25) is 5.91 Å². The smallest absolute Gasteiger partial charge is 0.222 e. The highest BCUT2D eigenvalue weighted by Gasteiger charge is 2.30. The van der Waals surface area contributed by atoms with Crippen LogP contribution in [-0.4, -0.2) is 11.4 Å². The van der Waals surface area contributed by atoms with Crippen molar-refractivity contribution in [3.8, 4) is 0 Å². The first-order chi connectivity index (χ1) is 9.48. The molecule has 1 saturated carbocycles. The molecule has 2 rings (SSSR count). The summed E-state index contributed by atoms with van der Waals surface area (Å²) < 4.78 is 0. The Morgan fingerprint density at radius 1 is 1.30 bits per heavy atom. The fraction of sp³-hybridized carbons (Fsp3) is 0.562. The van der Waals surface area contributed by atoms with Gasteiger partial charge in [0.15, 0.2) is 0 Å². The molecule has 1 amide bonds. The summed E-state index contributed by atoms with van der Waals surface area (Å²) in [7, 11) is 0. The van der Waals surface area contributed by atoms with E-state index in [9.17, 15) is 4.79 Å². The van der Waals surface area contributed by atoms with Gasteiger partial charge in [0.1, 0.15) is 0 Å². The highest BCUT2D eigenvalue weighted by molar-refractivity contribution is 6.30. The molecule has 1 aliphatic rings. The van der Waals surface area contributed by atoms with Gasteiger partial charge in [0, 0.05) is 17.0 Å². The minimum atomic E-state index is -0.304. The van der Waals surface area contributed by atoms with E-state index < -0.39 is 0 Å². The summed E-state index contributed by atoms with van der Waals surface area (Å²) in [5.41, 5.74) is 7.07. The third-order valence-corrected chi connectivity index (χ3v) is 4.36. The summed E-state index contributed by atoms with van der Waals surface area (Å²) in [4.78, 5) is 12.1. The van der Waals surface area contributed by atoms with Crippen LogP contribution in [0.3, 0.4) is 0 Å². The van der Waals surface area contributed by atoms with Gasteiger partial charge in [-0.3, -0.25) is 4.79 Å². The third-order valence-electron chi connectivity index (χ3n) is 4.11. The molecule has 0 aromatic heterocycles. The van der Waals surface area contributed by atoms with E-state index in [1.807, 2.05) is 31.2 Å². The van der Waals surface area contributed by atoms with E-state index in [4.69, 9.17) is 17.3 Å². The Bertz CT molecular complexity index is 452. The van der Waals surface area contributed by atoms with Gasteiger partial charge < -0.3 is 11.1 Å². The summed E-state index contributed by atoms with van der Waals surface area (Å²) in [6.07, 6.45) is 5.84. The number of hydrogen-bond donors (Lipinski definition) is 2. The molecule has 1 fully saturated rings. The number of hydrogen-bond acceptors (Lipinski definition) is 2. The van der Waals surface area contributed by atoms with Gasteiger partial charge in [-0.1, -0.05) is 43.0 Å². The molecule has 0 bridgehead atoms. The maximum Gasteiger partial charge on any atom is 0.222 e. The van der Waals surface area contributed by atoms with Crippen LogP contribution in [0, 0.1) is 0 Å². The van der Waals surface area contributed by atoms with Crippen molar-refractivity contribution < 1.29 is 4.79 Å². The molecule has 0 saturated heterocycles. The quantitative estimate of drug-likeness (QED) is 0.892. The van der Waals surface area contributed by atoms with Crippen molar-refractivity contribution >= 4 is 17.5 Å². The molecule has 3 N–H and O–H groups in total. The van der Waals surface area contributed by atoms with Gasteiger partial charge in [-0.25, -0.2) is 0 Å². The number of nitrogens with one attached hydrogen (secondary N) is 1. The van der Waals surface area contributed by atoms with Crippen molar-refractivity contribution in [1.29, 1.82) is 0 Å².